The van der Waals surface area contributed by atoms with Crippen LogP contribution in [-0.2, 0) is 4.79 Å². The summed E-state index contributed by atoms with van der Waals surface area (Å²) in [4.78, 5) is 46.6. The summed E-state index contributed by atoms with van der Waals surface area (Å²) >= 11 is 0. The molecule has 0 unspecified atom stereocenters. The molecule has 34 heavy (non-hydrogen) atoms. The van der Waals surface area contributed by atoms with Gasteiger partial charge in [0.15, 0.2) is 5.65 Å². The molecule has 2 N–H and O–H groups in total. The van der Waals surface area contributed by atoms with Crippen molar-refractivity contribution >= 4 is 28.4 Å². The molecule has 1 fully saturated rings. The quantitative estimate of drug-likeness (QED) is 0.453. The van der Waals surface area contributed by atoms with Crippen molar-refractivity contribution in [1.29, 1.82) is 0 Å². The minimum absolute atomic E-state index is 0.115. The van der Waals surface area contributed by atoms with Gasteiger partial charge in [0.25, 0.3) is 11.5 Å². The molecule has 8 heteroatoms. The predicted octanol–water partition coefficient (Wildman–Crippen LogP) is 3.67. The molecule has 0 spiro atoms. The van der Waals surface area contributed by atoms with Gasteiger partial charge in [0.1, 0.15) is 0 Å². The van der Waals surface area contributed by atoms with E-state index in [1.165, 1.54) is 4.40 Å². The molecule has 3 aromatic heterocycles. The maximum absolute atomic E-state index is 13.3. The Kier molecular flexibility index (Phi) is 5.36. The highest BCUT2D eigenvalue weighted by Gasteiger charge is 2.38. The lowest BCUT2D eigenvalue weighted by atomic mass is 9.74. The molecule has 1 saturated carbocycles. The Morgan fingerprint density at radius 1 is 1.09 bits per heavy atom. The number of carbonyl (C=O) groups is 2. The van der Waals surface area contributed by atoms with Crippen molar-refractivity contribution in [2.75, 3.05) is 0 Å². The molecule has 0 bridgehead atoms. The van der Waals surface area contributed by atoms with Crippen LogP contribution in [-0.4, -0.2) is 37.4 Å². The molecule has 1 aromatic carbocycles. The van der Waals surface area contributed by atoms with Gasteiger partial charge in [-0.15, -0.1) is 0 Å². The third-order valence-corrected chi connectivity index (χ3v) is 6.84. The molecule has 0 radical (unpaired) electrons. The summed E-state index contributed by atoms with van der Waals surface area (Å²) in [5.74, 6) is -1.12. The number of carboxylic acid groups (broad SMARTS) is 1. The molecule has 4 aromatic rings. The fourth-order valence-electron chi connectivity index (χ4n) is 4.60. The summed E-state index contributed by atoms with van der Waals surface area (Å²) < 4.78 is 1.40. The van der Waals surface area contributed by atoms with Crippen LogP contribution in [0, 0.1) is 5.41 Å². The van der Waals surface area contributed by atoms with Gasteiger partial charge in [0.05, 0.1) is 21.9 Å². The number of hydrogen-bond donors (Lipinski definition) is 2. The first-order chi connectivity index (χ1) is 16.4. The van der Waals surface area contributed by atoms with E-state index in [1.54, 1.807) is 49.8 Å². The molecular formula is C26H24N4O4. The lowest BCUT2D eigenvalue weighted by molar-refractivity contribution is -0.149. The number of fused-ring (bicyclic) bond motifs is 2. The highest BCUT2D eigenvalue weighted by atomic mass is 16.4. The van der Waals surface area contributed by atoms with Gasteiger partial charge < -0.3 is 10.4 Å². The molecule has 172 valence electrons. The topological polar surface area (TPSA) is 114 Å². The number of aliphatic carboxylic acids is 1. The van der Waals surface area contributed by atoms with E-state index in [0.29, 0.717) is 47.8 Å². The third kappa shape index (κ3) is 3.81. The molecule has 8 nitrogen and oxygen atoms in total. The number of benzene rings is 1. The second-order valence-electron chi connectivity index (χ2n) is 9.11. The first-order valence-corrected chi connectivity index (χ1v) is 11.3. The number of pyridine rings is 2. The number of aromatic nitrogens is 3. The Hall–Kier alpha value is -4.07. The van der Waals surface area contributed by atoms with E-state index in [4.69, 9.17) is 0 Å². The van der Waals surface area contributed by atoms with E-state index in [0.717, 1.165) is 11.1 Å². The number of hydrogen-bond acceptors (Lipinski definition) is 5. The fourth-order valence-corrected chi connectivity index (χ4v) is 4.60. The maximum Gasteiger partial charge on any atom is 0.309 e. The molecule has 0 atom stereocenters. The van der Waals surface area contributed by atoms with Crippen LogP contribution in [0.15, 0.2) is 65.8 Å². The van der Waals surface area contributed by atoms with Gasteiger partial charge in [0.2, 0.25) is 0 Å². The average Bonchev–Trinajstić information content (AvgIpc) is 2.85. The van der Waals surface area contributed by atoms with Crippen LogP contribution < -0.4 is 10.9 Å². The third-order valence-electron chi connectivity index (χ3n) is 6.84. The summed E-state index contributed by atoms with van der Waals surface area (Å²) in [6.07, 6.45) is 7.20. The SMILES string of the molecule is CC1(C(=O)O)CCC(NC(=O)c2cccn3c(=O)c4cc(-c5ccncc5)ccc4nc23)CC1. The van der Waals surface area contributed by atoms with Gasteiger partial charge in [0, 0.05) is 24.6 Å². The van der Waals surface area contributed by atoms with Crippen LogP contribution in [0.5, 0.6) is 0 Å². The van der Waals surface area contributed by atoms with E-state index in [1.807, 2.05) is 18.2 Å². The predicted molar refractivity (Wildman–Crippen MR) is 128 cm³/mol. The molecular weight excluding hydrogens is 432 g/mol. The number of amides is 1. The molecule has 0 saturated heterocycles. The summed E-state index contributed by atoms with van der Waals surface area (Å²) in [5, 5.41) is 12.9. The zero-order valence-electron chi connectivity index (χ0n) is 18.7. The molecule has 0 aliphatic heterocycles. The maximum atomic E-state index is 13.3. The van der Waals surface area contributed by atoms with Crippen molar-refractivity contribution in [1.82, 2.24) is 19.7 Å². The summed E-state index contributed by atoms with van der Waals surface area (Å²) in [6, 6.07) is 12.4. The Morgan fingerprint density at radius 2 is 1.82 bits per heavy atom. The second kappa shape index (κ2) is 8.37. The Morgan fingerprint density at radius 3 is 2.53 bits per heavy atom. The van der Waals surface area contributed by atoms with E-state index in [2.05, 4.69) is 15.3 Å². The van der Waals surface area contributed by atoms with Gasteiger partial charge in [-0.3, -0.25) is 23.8 Å². The molecule has 1 aliphatic rings. The first-order valence-electron chi connectivity index (χ1n) is 11.3. The van der Waals surface area contributed by atoms with Crippen LogP contribution in [0.1, 0.15) is 43.0 Å². The van der Waals surface area contributed by atoms with Crippen molar-refractivity contribution in [2.24, 2.45) is 5.41 Å². The van der Waals surface area contributed by atoms with Crippen LogP contribution in [0.25, 0.3) is 27.7 Å². The van der Waals surface area contributed by atoms with Crippen LogP contribution in [0.4, 0.5) is 0 Å². The normalized spacial score (nSPS) is 20.3. The average molecular weight is 457 g/mol. The number of nitrogens with one attached hydrogen (secondary N) is 1. The second-order valence-corrected chi connectivity index (χ2v) is 9.11. The molecule has 1 amide bonds. The largest absolute Gasteiger partial charge is 0.481 e. The highest BCUT2D eigenvalue weighted by Crippen LogP contribution is 2.36. The van der Waals surface area contributed by atoms with Gasteiger partial charge >= 0.3 is 5.97 Å². The lowest BCUT2D eigenvalue weighted by Crippen LogP contribution is -2.42. The van der Waals surface area contributed by atoms with Crippen molar-refractivity contribution in [3.05, 3.63) is 77.0 Å². The van der Waals surface area contributed by atoms with Gasteiger partial charge in [-0.25, -0.2) is 4.98 Å². The van der Waals surface area contributed by atoms with Crippen LogP contribution in [0.3, 0.4) is 0 Å². The number of carboxylic acids is 1. The zero-order valence-corrected chi connectivity index (χ0v) is 18.7. The number of rotatable bonds is 4. The first kappa shape index (κ1) is 21.8. The van der Waals surface area contributed by atoms with E-state index in [-0.39, 0.29) is 17.5 Å². The Bertz CT molecular complexity index is 1470. The highest BCUT2D eigenvalue weighted by molar-refractivity contribution is 6.01. The summed E-state index contributed by atoms with van der Waals surface area (Å²) in [5.41, 5.74) is 1.95. The Balaban J connectivity index is 1.47. The molecule has 1 aliphatic carbocycles. The summed E-state index contributed by atoms with van der Waals surface area (Å²) in [7, 11) is 0. The van der Waals surface area contributed by atoms with Crippen molar-refractivity contribution < 1.29 is 14.7 Å². The van der Waals surface area contributed by atoms with Crippen molar-refractivity contribution in [2.45, 2.75) is 38.6 Å². The van der Waals surface area contributed by atoms with E-state index >= 15 is 0 Å². The Labute approximate surface area is 195 Å². The number of carbonyl (C=O) groups excluding carboxylic acids is 1. The minimum Gasteiger partial charge on any atom is -0.481 e. The smallest absolute Gasteiger partial charge is 0.309 e. The molecule has 5 rings (SSSR count). The molecule has 3 heterocycles. The van der Waals surface area contributed by atoms with Crippen molar-refractivity contribution in [3.63, 3.8) is 0 Å². The van der Waals surface area contributed by atoms with Gasteiger partial charge in [-0.2, -0.15) is 0 Å². The fraction of sp³-hybridized carbons (Fsp3) is 0.269. The van der Waals surface area contributed by atoms with Crippen molar-refractivity contribution in [3.8, 4) is 11.1 Å². The minimum atomic E-state index is -0.797. The van der Waals surface area contributed by atoms with E-state index < -0.39 is 11.4 Å². The summed E-state index contributed by atoms with van der Waals surface area (Å²) in [6.45, 7) is 1.75. The lowest BCUT2D eigenvalue weighted by Gasteiger charge is -2.34. The van der Waals surface area contributed by atoms with Crippen LogP contribution in [0.2, 0.25) is 0 Å². The van der Waals surface area contributed by atoms with Gasteiger partial charge in [-0.05, 0) is 80.1 Å². The van der Waals surface area contributed by atoms with Crippen LogP contribution >= 0.6 is 0 Å². The zero-order chi connectivity index (χ0) is 23.9. The number of nitrogens with zero attached hydrogens (tertiary/aromatic N) is 3. The monoisotopic (exact) mass is 456 g/mol. The van der Waals surface area contributed by atoms with E-state index in [9.17, 15) is 19.5 Å². The standard InChI is InChI=1S/C26H24N4O4/c1-26(25(33)34)10-6-18(7-11-26)28-23(31)19-3-2-14-30-22(19)29-21-5-4-17(15-20(21)24(30)32)16-8-12-27-13-9-16/h2-5,8-9,12-15,18H,6-7,10-11H2,1H3,(H,28,31)(H,33,34). The van der Waals surface area contributed by atoms with Gasteiger partial charge in [-0.1, -0.05) is 6.07 Å².